The molecule has 4 heteroatoms. The fourth-order valence-corrected chi connectivity index (χ4v) is 2.50. The van der Waals surface area contributed by atoms with Gasteiger partial charge in [-0.05, 0) is 36.1 Å². The first-order chi connectivity index (χ1) is 9.06. The second-order valence-corrected chi connectivity index (χ2v) is 5.28. The molecule has 0 saturated heterocycles. The molecule has 0 aromatic heterocycles. The van der Waals surface area contributed by atoms with Gasteiger partial charge in [0.05, 0.1) is 6.42 Å². The predicted octanol–water partition coefficient (Wildman–Crippen LogP) is 1.66. The Morgan fingerprint density at radius 3 is 2.84 bits per heavy atom. The number of rotatable bonds is 5. The van der Waals surface area contributed by atoms with Crippen LogP contribution in [0.4, 0.5) is 11.4 Å². The van der Waals surface area contributed by atoms with Crippen LogP contribution in [0.2, 0.25) is 0 Å². The highest BCUT2D eigenvalue weighted by Gasteiger charge is 2.24. The van der Waals surface area contributed by atoms with Crippen LogP contribution in [0, 0.1) is 5.92 Å². The molecule has 0 spiro atoms. The molecule has 1 aliphatic rings. The van der Waals surface area contributed by atoms with Crippen LogP contribution in [0.1, 0.15) is 18.9 Å². The summed E-state index contributed by atoms with van der Waals surface area (Å²) in [6.45, 7) is 3.13. The number of amides is 1. The summed E-state index contributed by atoms with van der Waals surface area (Å²) in [6.07, 6.45) is 1.46. The summed E-state index contributed by atoms with van der Waals surface area (Å²) in [5.41, 5.74) is 3.21. The highest BCUT2D eigenvalue weighted by molar-refractivity contribution is 6.01. The number of fused-ring (bicyclic) bond motifs is 1. The number of hydrogen-bond donors (Lipinski definition) is 1. The lowest BCUT2D eigenvalue weighted by atomic mass is 10.1. The Morgan fingerprint density at radius 1 is 1.47 bits per heavy atom. The molecule has 104 valence electrons. The Balaban J connectivity index is 2.15. The van der Waals surface area contributed by atoms with Crippen molar-refractivity contribution in [1.29, 1.82) is 0 Å². The minimum absolute atomic E-state index is 0.150. The van der Waals surface area contributed by atoms with Gasteiger partial charge in [0.1, 0.15) is 0 Å². The highest BCUT2D eigenvalue weighted by atomic mass is 16.3. The van der Waals surface area contributed by atoms with E-state index in [-0.39, 0.29) is 12.5 Å². The van der Waals surface area contributed by atoms with Crippen LogP contribution in [0.25, 0.3) is 0 Å². The van der Waals surface area contributed by atoms with Gasteiger partial charge < -0.3 is 14.9 Å². The average molecular weight is 262 g/mol. The molecule has 1 atom stereocenters. The third-order valence-electron chi connectivity index (χ3n) is 3.95. The molecule has 0 aliphatic carbocycles. The largest absolute Gasteiger partial charge is 0.396 e. The van der Waals surface area contributed by atoms with Crippen LogP contribution in [-0.2, 0) is 11.2 Å². The number of anilines is 2. The Kier molecular flexibility index (Phi) is 4.10. The zero-order valence-electron chi connectivity index (χ0n) is 11.9. The maximum absolute atomic E-state index is 11.7. The average Bonchev–Trinajstić information content (AvgIpc) is 2.70. The minimum atomic E-state index is 0.150. The van der Waals surface area contributed by atoms with Gasteiger partial charge in [-0.3, -0.25) is 4.79 Å². The summed E-state index contributed by atoms with van der Waals surface area (Å²) < 4.78 is 0. The first kappa shape index (κ1) is 13.9. The van der Waals surface area contributed by atoms with E-state index in [0.29, 0.717) is 12.3 Å². The number of likely N-dealkylation sites (N-methyl/N-ethyl adjacent to an activating group) is 1. The van der Waals surface area contributed by atoms with Crippen molar-refractivity contribution < 1.29 is 9.90 Å². The fourth-order valence-electron chi connectivity index (χ4n) is 2.50. The summed E-state index contributed by atoms with van der Waals surface area (Å²) in [6, 6.07) is 6.13. The van der Waals surface area contributed by atoms with Gasteiger partial charge in [-0.25, -0.2) is 0 Å². The van der Waals surface area contributed by atoms with Crippen LogP contribution in [0.3, 0.4) is 0 Å². The van der Waals surface area contributed by atoms with Gasteiger partial charge >= 0.3 is 0 Å². The minimum Gasteiger partial charge on any atom is -0.396 e. The van der Waals surface area contributed by atoms with Crippen LogP contribution in [0.15, 0.2) is 18.2 Å². The van der Waals surface area contributed by atoms with E-state index in [1.165, 1.54) is 0 Å². The number of benzene rings is 1. The number of aliphatic hydroxyl groups is 1. The molecule has 0 fully saturated rings. The van der Waals surface area contributed by atoms with Gasteiger partial charge in [0, 0.05) is 38.6 Å². The summed E-state index contributed by atoms with van der Waals surface area (Å²) in [7, 11) is 3.84. The van der Waals surface area contributed by atoms with Crippen molar-refractivity contribution in [1.82, 2.24) is 0 Å². The standard InChI is InChI=1S/C15H22N2O2/c1-4-11(10-18)9-16(2)13-5-6-14-12(7-13)8-15(19)17(14)3/h5-7,11,18H,4,8-10H2,1-3H3. The van der Waals surface area contributed by atoms with Crippen molar-refractivity contribution in [3.8, 4) is 0 Å². The molecular formula is C15H22N2O2. The summed E-state index contributed by atoms with van der Waals surface area (Å²) in [5.74, 6) is 0.444. The van der Waals surface area contributed by atoms with Crippen molar-refractivity contribution >= 4 is 17.3 Å². The lowest BCUT2D eigenvalue weighted by Crippen LogP contribution is -2.27. The van der Waals surface area contributed by atoms with Crippen LogP contribution >= 0.6 is 0 Å². The van der Waals surface area contributed by atoms with Gasteiger partial charge in [-0.15, -0.1) is 0 Å². The molecular weight excluding hydrogens is 240 g/mol. The van der Waals surface area contributed by atoms with Gasteiger partial charge in [0.15, 0.2) is 0 Å². The maximum atomic E-state index is 11.7. The van der Waals surface area contributed by atoms with Gasteiger partial charge in [0.25, 0.3) is 0 Å². The first-order valence-corrected chi connectivity index (χ1v) is 6.78. The van der Waals surface area contributed by atoms with E-state index in [0.717, 1.165) is 29.9 Å². The fraction of sp³-hybridized carbons (Fsp3) is 0.533. The molecule has 19 heavy (non-hydrogen) atoms. The van der Waals surface area contributed by atoms with Crippen molar-refractivity contribution in [3.63, 3.8) is 0 Å². The quantitative estimate of drug-likeness (QED) is 0.877. The second kappa shape index (κ2) is 5.61. The number of nitrogens with zero attached hydrogens (tertiary/aromatic N) is 2. The van der Waals surface area contributed by atoms with Crippen LogP contribution in [0.5, 0.6) is 0 Å². The molecule has 0 saturated carbocycles. The third-order valence-corrected chi connectivity index (χ3v) is 3.95. The van der Waals surface area contributed by atoms with Crippen molar-refractivity contribution in [2.75, 3.05) is 37.0 Å². The third kappa shape index (κ3) is 2.73. The molecule has 1 aromatic rings. The summed E-state index contributed by atoms with van der Waals surface area (Å²) in [5, 5.41) is 9.27. The zero-order chi connectivity index (χ0) is 14.0. The maximum Gasteiger partial charge on any atom is 0.231 e. The molecule has 1 heterocycles. The normalized spacial score (nSPS) is 15.6. The Hall–Kier alpha value is -1.55. The summed E-state index contributed by atoms with van der Waals surface area (Å²) >= 11 is 0. The summed E-state index contributed by atoms with van der Waals surface area (Å²) in [4.78, 5) is 15.5. The Bertz CT molecular complexity index is 469. The number of aliphatic hydroxyl groups excluding tert-OH is 1. The lowest BCUT2D eigenvalue weighted by Gasteiger charge is -2.24. The monoisotopic (exact) mass is 262 g/mol. The molecule has 2 rings (SSSR count). The van der Waals surface area contributed by atoms with E-state index in [2.05, 4.69) is 17.9 Å². The lowest BCUT2D eigenvalue weighted by molar-refractivity contribution is -0.117. The van der Waals surface area contributed by atoms with E-state index < -0.39 is 0 Å². The van der Waals surface area contributed by atoms with E-state index in [1.54, 1.807) is 4.90 Å². The molecule has 1 amide bonds. The molecule has 4 nitrogen and oxygen atoms in total. The van der Waals surface area contributed by atoms with Crippen LogP contribution in [-0.4, -0.2) is 38.3 Å². The van der Waals surface area contributed by atoms with Gasteiger partial charge in [0.2, 0.25) is 5.91 Å². The Morgan fingerprint density at radius 2 is 2.21 bits per heavy atom. The zero-order valence-corrected chi connectivity index (χ0v) is 11.9. The molecule has 0 radical (unpaired) electrons. The number of carbonyl (C=O) groups is 1. The van der Waals surface area contributed by atoms with Gasteiger partial charge in [-0.1, -0.05) is 6.92 Å². The SMILES string of the molecule is CCC(CO)CN(C)c1ccc2c(c1)CC(=O)N2C. The van der Waals surface area contributed by atoms with Gasteiger partial charge in [-0.2, -0.15) is 0 Å². The van der Waals surface area contributed by atoms with Crippen molar-refractivity contribution in [2.24, 2.45) is 5.92 Å². The number of carbonyl (C=O) groups excluding carboxylic acids is 1. The van der Waals surface area contributed by atoms with Crippen molar-refractivity contribution in [3.05, 3.63) is 23.8 Å². The topological polar surface area (TPSA) is 43.8 Å². The molecule has 0 bridgehead atoms. The van der Waals surface area contributed by atoms with E-state index in [1.807, 2.05) is 26.2 Å². The van der Waals surface area contributed by atoms with Crippen molar-refractivity contribution in [2.45, 2.75) is 19.8 Å². The first-order valence-electron chi connectivity index (χ1n) is 6.78. The highest BCUT2D eigenvalue weighted by Crippen LogP contribution is 2.31. The molecule has 1 N–H and O–H groups in total. The molecule has 1 unspecified atom stereocenters. The number of hydrogen-bond acceptors (Lipinski definition) is 3. The van der Waals surface area contributed by atoms with E-state index in [4.69, 9.17) is 0 Å². The predicted molar refractivity (Wildman–Crippen MR) is 77.7 cm³/mol. The smallest absolute Gasteiger partial charge is 0.231 e. The molecule has 1 aromatic carbocycles. The molecule has 1 aliphatic heterocycles. The van der Waals surface area contributed by atoms with Crippen LogP contribution < -0.4 is 9.80 Å². The Labute approximate surface area is 114 Å². The van der Waals surface area contributed by atoms with E-state index in [9.17, 15) is 9.90 Å². The van der Waals surface area contributed by atoms with E-state index >= 15 is 0 Å². The second-order valence-electron chi connectivity index (χ2n) is 5.28.